The molecule has 1 aromatic heterocycles. The monoisotopic (exact) mass is 314 g/mol. The average Bonchev–Trinajstić information content (AvgIpc) is 2.33. The topological polar surface area (TPSA) is 114 Å². The summed E-state index contributed by atoms with van der Waals surface area (Å²) in [6.07, 6.45) is 3.57. The van der Waals surface area contributed by atoms with Gasteiger partial charge in [-0.05, 0) is 26.3 Å². The number of carbonyl (C=O) groups excluding carboxylic acids is 1. The van der Waals surface area contributed by atoms with E-state index in [0.29, 0.717) is 12.2 Å². The average molecular weight is 314 g/mol. The van der Waals surface area contributed by atoms with Crippen LogP contribution < -0.4 is 15.8 Å². The van der Waals surface area contributed by atoms with E-state index in [9.17, 15) is 13.2 Å². The third-order valence-electron chi connectivity index (χ3n) is 2.67. The molecule has 0 atom stereocenters. The highest BCUT2D eigenvalue weighted by Gasteiger charge is 2.29. The van der Waals surface area contributed by atoms with Crippen molar-refractivity contribution in [3.63, 3.8) is 0 Å². The van der Waals surface area contributed by atoms with Gasteiger partial charge < -0.3 is 11.1 Å². The van der Waals surface area contributed by atoms with Crippen molar-refractivity contribution >= 4 is 21.6 Å². The van der Waals surface area contributed by atoms with E-state index in [2.05, 4.69) is 15.0 Å². The normalized spacial score (nSPS) is 12.1. The van der Waals surface area contributed by atoms with Crippen molar-refractivity contribution in [1.82, 2.24) is 9.71 Å². The maximum atomic E-state index is 12.5. The zero-order valence-corrected chi connectivity index (χ0v) is 13.3. The minimum atomic E-state index is -3.81. The Bertz CT molecular complexity index is 599. The first-order chi connectivity index (χ1) is 9.68. The van der Waals surface area contributed by atoms with Crippen molar-refractivity contribution in [1.29, 1.82) is 0 Å². The molecule has 0 aliphatic heterocycles. The molecule has 0 bridgehead atoms. The van der Waals surface area contributed by atoms with Crippen molar-refractivity contribution < 1.29 is 13.2 Å². The molecular weight excluding hydrogens is 292 g/mol. The Morgan fingerprint density at radius 2 is 2.10 bits per heavy atom. The summed E-state index contributed by atoms with van der Waals surface area (Å²) in [7, 11) is -3.81. The predicted octanol–water partition coefficient (Wildman–Crippen LogP) is 0.836. The fourth-order valence-corrected chi connectivity index (χ4v) is 3.43. The molecule has 7 nitrogen and oxygen atoms in total. The Morgan fingerprint density at radius 3 is 2.67 bits per heavy atom. The van der Waals surface area contributed by atoms with E-state index >= 15 is 0 Å². The second kappa shape index (κ2) is 6.86. The highest BCUT2D eigenvalue weighted by Crippen LogP contribution is 2.22. The second-order valence-corrected chi connectivity index (χ2v) is 7.08. The number of nitrogens with two attached hydrogens (primary N) is 1. The number of primary amides is 1. The molecule has 118 valence electrons. The number of hydrogen-bond acceptors (Lipinski definition) is 5. The van der Waals surface area contributed by atoms with Gasteiger partial charge in [0.05, 0.1) is 5.69 Å². The number of nitrogens with zero attached hydrogens (tertiary/aromatic N) is 1. The van der Waals surface area contributed by atoms with Crippen LogP contribution in [0.2, 0.25) is 0 Å². The third-order valence-corrected chi connectivity index (χ3v) is 4.39. The summed E-state index contributed by atoms with van der Waals surface area (Å²) < 4.78 is 27.4. The van der Waals surface area contributed by atoms with Gasteiger partial charge in [-0.25, -0.2) is 13.1 Å². The van der Waals surface area contributed by atoms with E-state index in [0.717, 1.165) is 6.42 Å². The van der Waals surface area contributed by atoms with Crippen LogP contribution in [0.3, 0.4) is 0 Å². The van der Waals surface area contributed by atoms with Crippen LogP contribution in [-0.2, 0) is 14.8 Å². The van der Waals surface area contributed by atoms with E-state index in [-0.39, 0.29) is 11.3 Å². The molecule has 1 heterocycles. The van der Waals surface area contributed by atoms with Crippen molar-refractivity contribution in [2.45, 2.75) is 44.0 Å². The first kappa shape index (κ1) is 17.4. The molecule has 0 unspecified atom stereocenters. The van der Waals surface area contributed by atoms with Crippen LogP contribution in [0, 0.1) is 0 Å². The molecule has 0 aliphatic carbocycles. The van der Waals surface area contributed by atoms with Crippen LogP contribution in [0.25, 0.3) is 0 Å². The summed E-state index contributed by atoms with van der Waals surface area (Å²) in [6.45, 7) is 5.84. The smallest absolute Gasteiger partial charge is 0.244 e. The van der Waals surface area contributed by atoms with Crippen LogP contribution in [0.15, 0.2) is 23.4 Å². The Morgan fingerprint density at radius 1 is 1.43 bits per heavy atom. The van der Waals surface area contributed by atoms with Gasteiger partial charge in [-0.3, -0.25) is 9.78 Å². The molecule has 0 aliphatic rings. The Balaban J connectivity index is 3.05. The first-order valence-electron chi connectivity index (χ1n) is 6.68. The molecule has 8 heteroatoms. The minimum absolute atomic E-state index is 0.0518. The Kier molecular flexibility index (Phi) is 5.68. The van der Waals surface area contributed by atoms with Gasteiger partial charge >= 0.3 is 0 Å². The summed E-state index contributed by atoms with van der Waals surface area (Å²) in [4.78, 5) is 14.9. The molecule has 1 rings (SSSR count). The quantitative estimate of drug-likeness (QED) is 0.657. The lowest BCUT2D eigenvalue weighted by Gasteiger charge is -2.25. The van der Waals surface area contributed by atoms with Crippen molar-refractivity contribution in [2.75, 3.05) is 11.9 Å². The second-order valence-electron chi connectivity index (χ2n) is 5.43. The van der Waals surface area contributed by atoms with Gasteiger partial charge in [-0.1, -0.05) is 6.92 Å². The Labute approximate surface area is 125 Å². The molecule has 1 amide bonds. The fourth-order valence-electron chi connectivity index (χ4n) is 1.89. The lowest BCUT2D eigenvalue weighted by Crippen LogP contribution is -2.46. The largest absolute Gasteiger partial charge is 0.384 e. The first-order valence-corrected chi connectivity index (χ1v) is 8.16. The number of rotatable bonds is 8. The maximum Gasteiger partial charge on any atom is 0.244 e. The summed E-state index contributed by atoms with van der Waals surface area (Å²) in [5.41, 5.74) is 4.64. The number of anilines is 1. The fraction of sp³-hybridized carbons (Fsp3) is 0.538. The van der Waals surface area contributed by atoms with E-state index in [1.807, 2.05) is 6.92 Å². The molecule has 0 spiro atoms. The Hall–Kier alpha value is -1.67. The number of nitrogens with one attached hydrogen (secondary N) is 2. The van der Waals surface area contributed by atoms with Crippen LogP contribution in [0.5, 0.6) is 0 Å². The molecular formula is C13H22N4O3S. The molecule has 0 fully saturated rings. The summed E-state index contributed by atoms with van der Waals surface area (Å²) in [5.74, 6) is -0.571. The van der Waals surface area contributed by atoms with Gasteiger partial charge in [0.2, 0.25) is 15.9 Å². The van der Waals surface area contributed by atoms with Crippen molar-refractivity contribution in [3.05, 3.63) is 18.5 Å². The zero-order chi connectivity index (χ0) is 16.1. The van der Waals surface area contributed by atoms with E-state index in [1.54, 1.807) is 19.9 Å². The highest BCUT2D eigenvalue weighted by molar-refractivity contribution is 7.89. The zero-order valence-electron chi connectivity index (χ0n) is 12.5. The number of aromatic nitrogens is 1. The molecule has 0 saturated carbocycles. The molecule has 4 N–H and O–H groups in total. The van der Waals surface area contributed by atoms with E-state index in [1.165, 1.54) is 12.4 Å². The van der Waals surface area contributed by atoms with Crippen molar-refractivity contribution in [2.24, 2.45) is 5.73 Å². The number of amides is 1. The number of sulfonamides is 1. The maximum absolute atomic E-state index is 12.5. The van der Waals surface area contributed by atoms with Crippen molar-refractivity contribution in [3.8, 4) is 0 Å². The lowest BCUT2D eigenvalue weighted by molar-refractivity contribution is -0.119. The van der Waals surface area contributed by atoms with Crippen LogP contribution >= 0.6 is 0 Å². The van der Waals surface area contributed by atoms with Crippen LogP contribution in [0.4, 0.5) is 5.69 Å². The van der Waals surface area contributed by atoms with Gasteiger partial charge in [-0.2, -0.15) is 0 Å². The van der Waals surface area contributed by atoms with Gasteiger partial charge in [-0.15, -0.1) is 0 Å². The van der Waals surface area contributed by atoms with Gasteiger partial charge in [0.15, 0.2) is 0 Å². The molecule has 0 saturated heterocycles. The number of pyridine rings is 1. The molecule has 1 aromatic rings. The van der Waals surface area contributed by atoms with E-state index < -0.39 is 21.5 Å². The molecule has 21 heavy (non-hydrogen) atoms. The van der Waals surface area contributed by atoms with Gasteiger partial charge in [0.25, 0.3) is 0 Å². The standard InChI is InChI=1S/C13H22N4O3S/c1-4-6-16-10-5-7-15-9-11(10)21(19,20)17-13(2,3)8-12(14)18/h5,7,9,17H,4,6,8H2,1-3H3,(H2,14,18)(H,15,16). The summed E-state index contributed by atoms with van der Waals surface area (Å²) >= 11 is 0. The van der Waals surface area contributed by atoms with Crippen LogP contribution in [0.1, 0.15) is 33.6 Å². The highest BCUT2D eigenvalue weighted by atomic mass is 32.2. The number of hydrogen-bond donors (Lipinski definition) is 3. The lowest BCUT2D eigenvalue weighted by atomic mass is 10.0. The molecule has 0 radical (unpaired) electrons. The third kappa shape index (κ3) is 5.31. The van der Waals surface area contributed by atoms with Gasteiger partial charge in [0.1, 0.15) is 4.90 Å². The van der Waals surface area contributed by atoms with Gasteiger partial charge in [0, 0.05) is 30.9 Å². The van der Waals surface area contributed by atoms with Crippen LogP contribution in [-0.4, -0.2) is 31.4 Å². The summed E-state index contributed by atoms with van der Waals surface area (Å²) in [6, 6.07) is 1.60. The van der Waals surface area contributed by atoms with E-state index in [4.69, 9.17) is 5.73 Å². The SMILES string of the molecule is CCCNc1ccncc1S(=O)(=O)NC(C)(C)CC(N)=O. The summed E-state index contributed by atoms with van der Waals surface area (Å²) in [5, 5.41) is 3.04. The predicted molar refractivity (Wildman–Crippen MR) is 81.2 cm³/mol. The minimum Gasteiger partial charge on any atom is -0.384 e. The number of carbonyl (C=O) groups is 1. The molecule has 0 aromatic carbocycles.